The lowest BCUT2D eigenvalue weighted by Gasteiger charge is -2.16. The topological polar surface area (TPSA) is 52.1 Å². The molecule has 6 heteroatoms. The Morgan fingerprint density at radius 2 is 1.86 bits per heavy atom. The van der Waals surface area contributed by atoms with Crippen LogP contribution in [-0.4, -0.2) is 21.7 Å². The summed E-state index contributed by atoms with van der Waals surface area (Å²) in [6.45, 7) is 4.13. The smallest absolute Gasteiger partial charge is 0.352 e. The van der Waals surface area contributed by atoms with Gasteiger partial charge in [-0.1, -0.05) is 31.2 Å². The van der Waals surface area contributed by atoms with Crippen LogP contribution in [0.2, 0.25) is 0 Å². The summed E-state index contributed by atoms with van der Waals surface area (Å²) < 4.78 is 22.4. The van der Waals surface area contributed by atoms with Crippen LogP contribution < -0.4 is 0 Å². The second-order valence-corrected chi connectivity index (χ2v) is 5.82. The first-order valence-electron chi connectivity index (χ1n) is 7.45. The van der Waals surface area contributed by atoms with Gasteiger partial charge in [0.15, 0.2) is 4.88 Å². The molecule has 0 atom stereocenters. The molecule has 0 unspecified atom stereocenters. The maximum absolute atomic E-state index is 13.0. The van der Waals surface area contributed by atoms with Crippen molar-refractivity contribution in [3.8, 4) is 11.3 Å². The number of carbonyl (C=O) groups excluding carboxylic acids is 1. The molecule has 1 heterocycles. The van der Waals surface area contributed by atoms with Crippen molar-refractivity contribution >= 4 is 17.5 Å². The second-order valence-electron chi connectivity index (χ2n) is 5.06. The van der Waals surface area contributed by atoms with Crippen LogP contribution in [-0.2, 0) is 4.74 Å². The lowest BCUT2D eigenvalue weighted by Crippen LogP contribution is -2.17. The zero-order valence-corrected chi connectivity index (χ0v) is 13.5. The number of esters is 1. The Hall–Kier alpha value is -1.82. The van der Waals surface area contributed by atoms with Gasteiger partial charge in [-0.3, -0.25) is 0 Å². The first-order valence-corrected chi connectivity index (χ1v) is 8.22. The maximum atomic E-state index is 13.0. The predicted molar refractivity (Wildman–Crippen MR) is 84.3 cm³/mol. The maximum Gasteiger partial charge on any atom is 0.352 e. The van der Waals surface area contributed by atoms with Crippen LogP contribution in [0.15, 0.2) is 24.3 Å². The van der Waals surface area contributed by atoms with Crippen molar-refractivity contribution in [3.05, 3.63) is 35.0 Å². The first kappa shape index (κ1) is 16.5. The minimum atomic E-state index is -0.402. The Balaban J connectivity index is 2.17. The molecule has 4 nitrogen and oxygen atoms in total. The van der Waals surface area contributed by atoms with Crippen LogP contribution in [0.3, 0.4) is 0 Å². The van der Waals surface area contributed by atoms with Gasteiger partial charge in [-0.05, 0) is 48.6 Å². The Morgan fingerprint density at radius 3 is 2.45 bits per heavy atom. The minimum Gasteiger partial charge on any atom is -0.458 e. The molecule has 0 fully saturated rings. The summed E-state index contributed by atoms with van der Waals surface area (Å²) in [6, 6.07) is 5.83. The van der Waals surface area contributed by atoms with Gasteiger partial charge < -0.3 is 4.74 Å². The summed E-state index contributed by atoms with van der Waals surface area (Å²) in [5, 5.41) is 3.98. The normalized spacial score (nSPS) is 10.9. The number of aromatic nitrogens is 2. The third-order valence-electron chi connectivity index (χ3n) is 3.29. The molecule has 0 aliphatic heterocycles. The molecule has 0 amide bonds. The largest absolute Gasteiger partial charge is 0.458 e. The zero-order chi connectivity index (χ0) is 15.9. The molecule has 2 aromatic rings. The molecule has 0 saturated heterocycles. The van der Waals surface area contributed by atoms with Gasteiger partial charge in [-0.25, -0.2) is 9.18 Å². The van der Waals surface area contributed by atoms with Crippen molar-refractivity contribution in [3.63, 3.8) is 0 Å². The highest BCUT2D eigenvalue weighted by Crippen LogP contribution is 2.26. The molecule has 0 aliphatic carbocycles. The fraction of sp³-hybridized carbons (Fsp3) is 0.438. The van der Waals surface area contributed by atoms with Crippen molar-refractivity contribution in [2.24, 2.45) is 0 Å². The molecule has 0 radical (unpaired) electrons. The molecule has 0 spiro atoms. The summed E-state index contributed by atoms with van der Waals surface area (Å²) in [6.07, 6.45) is 3.54. The molecule has 0 bridgehead atoms. The predicted octanol–water partition coefficient (Wildman–Crippen LogP) is 4.47. The molecule has 0 N–H and O–H groups in total. The molecule has 1 aromatic heterocycles. The molecule has 2 rings (SSSR count). The standard InChI is InChI=1S/C16H19FN2O2S/c1-3-5-13(6-4-2)21-16(20)15-14(18-19-22-15)11-7-9-12(17)10-8-11/h7-10,13H,3-6H2,1-2H3. The highest BCUT2D eigenvalue weighted by molar-refractivity contribution is 7.08. The molecule has 0 saturated carbocycles. The monoisotopic (exact) mass is 322 g/mol. The molecule has 0 aliphatic rings. The summed E-state index contributed by atoms with van der Waals surface area (Å²) in [5.41, 5.74) is 1.10. The summed E-state index contributed by atoms with van der Waals surface area (Å²) >= 11 is 1.01. The van der Waals surface area contributed by atoms with E-state index in [-0.39, 0.29) is 11.9 Å². The van der Waals surface area contributed by atoms with Crippen molar-refractivity contribution in [1.82, 2.24) is 9.59 Å². The number of hydrogen-bond acceptors (Lipinski definition) is 5. The zero-order valence-electron chi connectivity index (χ0n) is 12.7. The average molecular weight is 322 g/mol. The van der Waals surface area contributed by atoms with Gasteiger partial charge in [0.25, 0.3) is 0 Å². The molecular weight excluding hydrogens is 303 g/mol. The van der Waals surface area contributed by atoms with E-state index in [0.717, 1.165) is 37.2 Å². The third kappa shape index (κ3) is 4.10. The minimum absolute atomic E-state index is 0.0781. The number of rotatable bonds is 7. The Bertz CT molecular complexity index is 607. The van der Waals surface area contributed by atoms with Gasteiger partial charge in [0.1, 0.15) is 17.6 Å². The van der Waals surface area contributed by atoms with E-state index in [1.807, 2.05) is 0 Å². The van der Waals surface area contributed by atoms with Crippen LogP contribution >= 0.6 is 11.5 Å². The molecular formula is C16H19FN2O2S. The Kier molecular flexibility index (Phi) is 6.00. The highest BCUT2D eigenvalue weighted by Gasteiger charge is 2.22. The Labute approximate surface area is 133 Å². The summed E-state index contributed by atoms with van der Waals surface area (Å²) in [7, 11) is 0. The van der Waals surface area contributed by atoms with E-state index < -0.39 is 5.97 Å². The molecule has 118 valence electrons. The summed E-state index contributed by atoms with van der Waals surface area (Å²) in [4.78, 5) is 12.7. The van der Waals surface area contributed by atoms with Crippen molar-refractivity contribution in [2.75, 3.05) is 0 Å². The number of benzene rings is 1. The van der Waals surface area contributed by atoms with Gasteiger partial charge in [0.05, 0.1) is 0 Å². The van der Waals surface area contributed by atoms with E-state index in [4.69, 9.17) is 4.74 Å². The van der Waals surface area contributed by atoms with E-state index in [9.17, 15) is 9.18 Å². The van der Waals surface area contributed by atoms with Crippen LogP contribution in [0.25, 0.3) is 11.3 Å². The van der Waals surface area contributed by atoms with Gasteiger partial charge in [0, 0.05) is 5.56 Å². The SMILES string of the molecule is CCCC(CCC)OC(=O)c1snnc1-c1ccc(F)cc1. The van der Waals surface area contributed by atoms with Crippen molar-refractivity contribution in [2.45, 2.75) is 45.6 Å². The van der Waals surface area contributed by atoms with E-state index in [1.54, 1.807) is 12.1 Å². The van der Waals surface area contributed by atoms with Crippen molar-refractivity contribution in [1.29, 1.82) is 0 Å². The first-order chi connectivity index (χ1) is 10.7. The van der Waals surface area contributed by atoms with Crippen LogP contribution in [0.4, 0.5) is 4.39 Å². The van der Waals surface area contributed by atoms with E-state index in [0.29, 0.717) is 16.1 Å². The lowest BCUT2D eigenvalue weighted by atomic mass is 10.1. The van der Waals surface area contributed by atoms with Crippen molar-refractivity contribution < 1.29 is 13.9 Å². The Morgan fingerprint density at radius 1 is 1.23 bits per heavy atom. The number of carbonyl (C=O) groups is 1. The number of ether oxygens (including phenoxy) is 1. The van der Waals surface area contributed by atoms with E-state index in [1.165, 1.54) is 12.1 Å². The van der Waals surface area contributed by atoms with Gasteiger partial charge in [0.2, 0.25) is 0 Å². The van der Waals surface area contributed by atoms with Gasteiger partial charge in [-0.15, -0.1) is 5.10 Å². The number of halogens is 1. The third-order valence-corrected chi connectivity index (χ3v) is 3.99. The number of hydrogen-bond donors (Lipinski definition) is 0. The van der Waals surface area contributed by atoms with Gasteiger partial charge >= 0.3 is 5.97 Å². The highest BCUT2D eigenvalue weighted by atomic mass is 32.1. The van der Waals surface area contributed by atoms with Crippen LogP contribution in [0, 0.1) is 5.82 Å². The van der Waals surface area contributed by atoms with Crippen LogP contribution in [0.1, 0.15) is 49.2 Å². The van der Waals surface area contributed by atoms with E-state index in [2.05, 4.69) is 23.4 Å². The second kappa shape index (κ2) is 7.98. The van der Waals surface area contributed by atoms with Crippen LogP contribution in [0.5, 0.6) is 0 Å². The van der Waals surface area contributed by atoms with Gasteiger partial charge in [-0.2, -0.15) is 0 Å². The average Bonchev–Trinajstić information content (AvgIpc) is 2.98. The number of nitrogens with zero attached hydrogens (tertiary/aromatic N) is 2. The van der Waals surface area contributed by atoms with E-state index >= 15 is 0 Å². The fourth-order valence-corrected chi connectivity index (χ4v) is 2.80. The lowest BCUT2D eigenvalue weighted by molar-refractivity contribution is 0.0265. The quantitative estimate of drug-likeness (QED) is 0.706. The fourth-order valence-electron chi connectivity index (χ4n) is 2.23. The molecule has 22 heavy (non-hydrogen) atoms. The summed E-state index contributed by atoms with van der Waals surface area (Å²) in [5.74, 6) is -0.733. The molecule has 1 aromatic carbocycles.